The highest BCUT2D eigenvalue weighted by Gasteiger charge is 2.52. The number of likely N-dealkylation sites (N-methyl/N-ethyl adjacent to an activating group) is 1. The van der Waals surface area contributed by atoms with Gasteiger partial charge in [0.2, 0.25) is 0 Å². The minimum atomic E-state index is -0.379. The molecule has 0 amide bonds. The summed E-state index contributed by atoms with van der Waals surface area (Å²) in [5.41, 5.74) is 3.43. The number of nitrogens with one attached hydrogen (secondary N) is 1. The first-order valence-electron chi connectivity index (χ1n) is 8.61. The summed E-state index contributed by atoms with van der Waals surface area (Å²) in [5, 5.41) is 3.20. The van der Waals surface area contributed by atoms with Gasteiger partial charge in [-0.3, -0.25) is 4.79 Å². The van der Waals surface area contributed by atoms with E-state index in [4.69, 9.17) is 9.31 Å². The molecular weight excluding hydrogens is 301 g/mol. The molecule has 2 aliphatic rings. The maximum Gasteiger partial charge on any atom is 0.491 e. The fourth-order valence-corrected chi connectivity index (χ4v) is 3.25. The predicted octanol–water partition coefficient (Wildman–Crippen LogP) is 3.05. The van der Waals surface area contributed by atoms with Crippen LogP contribution in [-0.2, 0) is 15.7 Å². The molecule has 3 rings (SSSR count). The Kier molecular flexibility index (Phi) is 4.45. The molecular formula is C19H26BNO3. The van der Waals surface area contributed by atoms with Crippen molar-refractivity contribution >= 4 is 19.0 Å². The summed E-state index contributed by atoms with van der Waals surface area (Å²) in [6.07, 6.45) is 3.55. The van der Waals surface area contributed by atoms with Crippen LogP contribution in [0, 0.1) is 0 Å². The second kappa shape index (κ2) is 6.14. The Labute approximate surface area is 144 Å². The van der Waals surface area contributed by atoms with Crippen LogP contribution in [0.4, 0.5) is 0 Å². The molecule has 5 heteroatoms. The predicted molar refractivity (Wildman–Crippen MR) is 97.1 cm³/mol. The van der Waals surface area contributed by atoms with Gasteiger partial charge in [0.25, 0.3) is 0 Å². The number of carbonyl (C=O) groups is 1. The highest BCUT2D eigenvalue weighted by atomic mass is 16.7. The van der Waals surface area contributed by atoms with Gasteiger partial charge in [-0.25, -0.2) is 0 Å². The third-order valence-corrected chi connectivity index (χ3v) is 5.39. The molecule has 0 unspecified atom stereocenters. The van der Waals surface area contributed by atoms with E-state index >= 15 is 0 Å². The summed E-state index contributed by atoms with van der Waals surface area (Å²) < 4.78 is 12.4. The number of rotatable bonds is 4. The van der Waals surface area contributed by atoms with E-state index in [9.17, 15) is 4.79 Å². The number of fused-ring (bicyclic) bond motifs is 1. The topological polar surface area (TPSA) is 47.6 Å². The molecule has 0 aromatic heterocycles. The van der Waals surface area contributed by atoms with Crippen molar-refractivity contribution in [2.75, 3.05) is 13.6 Å². The van der Waals surface area contributed by atoms with E-state index in [0.717, 1.165) is 28.6 Å². The molecule has 1 aliphatic heterocycles. The van der Waals surface area contributed by atoms with Gasteiger partial charge in [-0.15, -0.1) is 0 Å². The molecule has 128 valence electrons. The van der Waals surface area contributed by atoms with Gasteiger partial charge in [0.1, 0.15) is 0 Å². The first-order chi connectivity index (χ1) is 11.2. The Morgan fingerprint density at radius 2 is 1.88 bits per heavy atom. The third-order valence-electron chi connectivity index (χ3n) is 5.39. The van der Waals surface area contributed by atoms with Gasteiger partial charge in [-0.2, -0.15) is 0 Å². The molecule has 0 radical (unpaired) electrons. The molecule has 1 fully saturated rings. The van der Waals surface area contributed by atoms with E-state index < -0.39 is 0 Å². The monoisotopic (exact) mass is 327 g/mol. The van der Waals surface area contributed by atoms with Crippen LogP contribution in [0.3, 0.4) is 0 Å². The Morgan fingerprint density at radius 3 is 2.50 bits per heavy atom. The largest absolute Gasteiger partial charge is 0.491 e. The van der Waals surface area contributed by atoms with Crippen molar-refractivity contribution < 1.29 is 14.1 Å². The second-order valence-corrected chi connectivity index (χ2v) is 7.63. The Bertz CT molecular complexity index is 678. The lowest BCUT2D eigenvalue weighted by Gasteiger charge is -2.32. The van der Waals surface area contributed by atoms with E-state index in [1.54, 1.807) is 0 Å². The number of Topliss-reactive ketones (excluding diaryl/α,β-unsaturated/α-hetero) is 1. The standard InChI is InChI=1S/C19H26BNO3/c1-18(2)19(3,4)24-20(23-18)14(12-21-5)11-13-7-6-8-16-15(13)9-10-17(16)22/h6-8,11,21H,9-10,12H2,1-5H3. The zero-order chi connectivity index (χ0) is 17.5. The Balaban J connectivity index is 1.96. The molecule has 1 heterocycles. The molecule has 0 atom stereocenters. The fraction of sp³-hybridized carbons (Fsp3) is 0.526. The van der Waals surface area contributed by atoms with E-state index in [0.29, 0.717) is 13.0 Å². The summed E-state index contributed by atoms with van der Waals surface area (Å²) in [6, 6.07) is 5.95. The van der Waals surface area contributed by atoms with Crippen molar-refractivity contribution in [2.24, 2.45) is 0 Å². The quantitative estimate of drug-likeness (QED) is 0.864. The van der Waals surface area contributed by atoms with Crippen LogP contribution in [0.1, 0.15) is 55.6 Å². The molecule has 1 saturated heterocycles. The van der Waals surface area contributed by atoms with Gasteiger partial charge in [0, 0.05) is 18.5 Å². The lowest BCUT2D eigenvalue weighted by Crippen LogP contribution is -2.41. The van der Waals surface area contributed by atoms with Crippen molar-refractivity contribution in [1.29, 1.82) is 0 Å². The van der Waals surface area contributed by atoms with Crippen LogP contribution in [0.25, 0.3) is 6.08 Å². The van der Waals surface area contributed by atoms with Crippen LogP contribution in [0.15, 0.2) is 23.7 Å². The molecule has 1 aliphatic carbocycles. The van der Waals surface area contributed by atoms with E-state index in [1.807, 2.05) is 19.2 Å². The minimum absolute atomic E-state index is 0.242. The van der Waals surface area contributed by atoms with Crippen molar-refractivity contribution in [3.05, 3.63) is 40.4 Å². The van der Waals surface area contributed by atoms with Crippen molar-refractivity contribution in [3.8, 4) is 0 Å². The molecule has 4 nitrogen and oxygen atoms in total. The number of hydrogen-bond acceptors (Lipinski definition) is 4. The smallest absolute Gasteiger partial charge is 0.400 e. The minimum Gasteiger partial charge on any atom is -0.400 e. The maximum atomic E-state index is 12.0. The van der Waals surface area contributed by atoms with Crippen LogP contribution in [0.2, 0.25) is 0 Å². The van der Waals surface area contributed by atoms with E-state index in [1.165, 1.54) is 0 Å². The zero-order valence-electron chi connectivity index (χ0n) is 15.2. The number of ketones is 1. The van der Waals surface area contributed by atoms with Gasteiger partial charge in [0.05, 0.1) is 11.2 Å². The summed E-state index contributed by atoms with van der Waals surface area (Å²) in [6.45, 7) is 8.91. The van der Waals surface area contributed by atoms with Gasteiger partial charge < -0.3 is 14.6 Å². The first-order valence-corrected chi connectivity index (χ1v) is 8.61. The molecule has 0 saturated carbocycles. The molecule has 0 bridgehead atoms. The van der Waals surface area contributed by atoms with Crippen LogP contribution in [0.5, 0.6) is 0 Å². The Morgan fingerprint density at radius 1 is 1.21 bits per heavy atom. The zero-order valence-corrected chi connectivity index (χ0v) is 15.2. The van der Waals surface area contributed by atoms with E-state index in [2.05, 4.69) is 45.2 Å². The lowest BCUT2D eigenvalue weighted by atomic mass is 9.76. The maximum absolute atomic E-state index is 12.0. The van der Waals surface area contributed by atoms with Crippen molar-refractivity contribution in [2.45, 2.75) is 51.7 Å². The highest BCUT2D eigenvalue weighted by molar-refractivity contribution is 6.56. The number of benzene rings is 1. The van der Waals surface area contributed by atoms with E-state index in [-0.39, 0.29) is 24.1 Å². The lowest BCUT2D eigenvalue weighted by molar-refractivity contribution is 0.00578. The summed E-state index contributed by atoms with van der Waals surface area (Å²) in [4.78, 5) is 12.0. The van der Waals surface area contributed by atoms with Gasteiger partial charge in [-0.05, 0) is 57.8 Å². The summed E-state index contributed by atoms with van der Waals surface area (Å²) in [7, 11) is 1.54. The van der Waals surface area contributed by atoms with Gasteiger partial charge in [-0.1, -0.05) is 24.3 Å². The molecule has 1 N–H and O–H groups in total. The van der Waals surface area contributed by atoms with Crippen LogP contribution < -0.4 is 5.32 Å². The molecule has 1 aromatic rings. The first kappa shape index (κ1) is 17.4. The summed E-state index contributed by atoms with van der Waals surface area (Å²) >= 11 is 0. The Hall–Kier alpha value is -1.43. The molecule has 1 aromatic carbocycles. The number of hydrogen-bond donors (Lipinski definition) is 1. The second-order valence-electron chi connectivity index (χ2n) is 7.63. The van der Waals surface area contributed by atoms with Crippen molar-refractivity contribution in [3.63, 3.8) is 0 Å². The molecule has 0 spiro atoms. The average molecular weight is 327 g/mol. The fourth-order valence-electron chi connectivity index (χ4n) is 3.25. The van der Waals surface area contributed by atoms with Gasteiger partial charge in [0.15, 0.2) is 5.78 Å². The normalized spacial score (nSPS) is 22.1. The SMILES string of the molecule is CNCC(=Cc1cccc2c1CCC2=O)B1OC(C)(C)C(C)(C)O1. The highest BCUT2D eigenvalue weighted by Crippen LogP contribution is 2.39. The molecule has 24 heavy (non-hydrogen) atoms. The average Bonchev–Trinajstić information content (AvgIpc) is 2.97. The van der Waals surface area contributed by atoms with Crippen LogP contribution in [-0.4, -0.2) is 37.7 Å². The van der Waals surface area contributed by atoms with Crippen molar-refractivity contribution in [1.82, 2.24) is 5.32 Å². The van der Waals surface area contributed by atoms with Crippen LogP contribution >= 0.6 is 0 Å². The third kappa shape index (κ3) is 2.96. The van der Waals surface area contributed by atoms with Gasteiger partial charge >= 0.3 is 7.12 Å². The number of carbonyl (C=O) groups excluding carboxylic acids is 1. The summed E-state index contributed by atoms with van der Waals surface area (Å²) in [5.74, 6) is 0.242.